The SMILES string of the molecule is CC(C)CCCNC(=O)N1CCC(OCCC(=O)O)CC1. The normalized spacial score (nSPS) is 16.2. The molecule has 0 unspecified atom stereocenters. The van der Waals surface area contributed by atoms with Crippen molar-refractivity contribution in [1.82, 2.24) is 10.2 Å². The Labute approximate surface area is 126 Å². The van der Waals surface area contributed by atoms with Crippen LogP contribution < -0.4 is 5.32 Å². The number of amides is 2. The Hall–Kier alpha value is -1.30. The van der Waals surface area contributed by atoms with Gasteiger partial charge in [0.15, 0.2) is 0 Å². The van der Waals surface area contributed by atoms with Gasteiger partial charge in [0.1, 0.15) is 0 Å². The fourth-order valence-corrected chi connectivity index (χ4v) is 2.36. The average Bonchev–Trinajstić information content (AvgIpc) is 2.43. The Kier molecular flexibility index (Phi) is 8.12. The average molecular weight is 300 g/mol. The molecule has 0 bridgehead atoms. The molecule has 2 N–H and O–H groups in total. The molecule has 0 aromatic heterocycles. The largest absolute Gasteiger partial charge is 0.481 e. The number of urea groups is 1. The fourth-order valence-electron chi connectivity index (χ4n) is 2.36. The topological polar surface area (TPSA) is 78.9 Å². The first kappa shape index (κ1) is 17.8. The molecular weight excluding hydrogens is 272 g/mol. The van der Waals surface area contributed by atoms with Gasteiger partial charge >= 0.3 is 12.0 Å². The van der Waals surface area contributed by atoms with Crippen molar-refractivity contribution in [2.45, 2.75) is 52.1 Å². The minimum Gasteiger partial charge on any atom is -0.481 e. The van der Waals surface area contributed by atoms with Crippen molar-refractivity contribution in [3.8, 4) is 0 Å². The number of piperidine rings is 1. The number of rotatable bonds is 8. The van der Waals surface area contributed by atoms with E-state index < -0.39 is 5.97 Å². The van der Waals surface area contributed by atoms with Crippen LogP contribution in [0, 0.1) is 5.92 Å². The highest BCUT2D eigenvalue weighted by molar-refractivity contribution is 5.74. The Morgan fingerprint density at radius 1 is 1.33 bits per heavy atom. The van der Waals surface area contributed by atoms with Crippen molar-refractivity contribution in [1.29, 1.82) is 0 Å². The van der Waals surface area contributed by atoms with Crippen LogP contribution in [-0.4, -0.2) is 54.4 Å². The van der Waals surface area contributed by atoms with E-state index >= 15 is 0 Å². The third-order valence-electron chi connectivity index (χ3n) is 3.63. The number of likely N-dealkylation sites (tertiary alicyclic amines) is 1. The number of carbonyl (C=O) groups is 2. The van der Waals surface area contributed by atoms with Crippen LogP contribution in [0.2, 0.25) is 0 Å². The van der Waals surface area contributed by atoms with Gasteiger partial charge in [0, 0.05) is 19.6 Å². The molecule has 0 aliphatic carbocycles. The van der Waals surface area contributed by atoms with E-state index in [1.54, 1.807) is 0 Å². The smallest absolute Gasteiger partial charge is 0.317 e. The van der Waals surface area contributed by atoms with Gasteiger partial charge in [-0.05, 0) is 31.6 Å². The number of carboxylic acid groups (broad SMARTS) is 1. The summed E-state index contributed by atoms with van der Waals surface area (Å²) in [5.41, 5.74) is 0. The first-order chi connectivity index (χ1) is 9.99. The van der Waals surface area contributed by atoms with E-state index in [-0.39, 0.29) is 25.2 Å². The highest BCUT2D eigenvalue weighted by Gasteiger charge is 2.22. The van der Waals surface area contributed by atoms with Gasteiger partial charge in [0.05, 0.1) is 19.1 Å². The third-order valence-corrected chi connectivity index (χ3v) is 3.63. The Balaban J connectivity index is 2.11. The molecule has 1 aliphatic heterocycles. The third kappa shape index (κ3) is 7.90. The van der Waals surface area contributed by atoms with Crippen LogP contribution in [0.5, 0.6) is 0 Å². The molecule has 0 saturated carbocycles. The Bertz CT molecular complexity index is 326. The van der Waals surface area contributed by atoms with Gasteiger partial charge in [0.25, 0.3) is 0 Å². The molecule has 1 heterocycles. The standard InChI is InChI=1S/C15H28N2O4/c1-12(2)4-3-8-16-15(20)17-9-5-13(6-10-17)21-11-7-14(18)19/h12-13H,3-11H2,1-2H3,(H,16,20)(H,18,19). The van der Waals surface area contributed by atoms with Crippen molar-refractivity contribution in [3.05, 3.63) is 0 Å². The molecule has 122 valence electrons. The second-order valence-electron chi connectivity index (χ2n) is 5.97. The van der Waals surface area contributed by atoms with Crippen LogP contribution in [0.15, 0.2) is 0 Å². The first-order valence-electron chi connectivity index (χ1n) is 7.85. The van der Waals surface area contributed by atoms with Gasteiger partial charge in [-0.3, -0.25) is 4.79 Å². The maximum Gasteiger partial charge on any atom is 0.317 e. The molecule has 0 aromatic carbocycles. The van der Waals surface area contributed by atoms with E-state index in [2.05, 4.69) is 19.2 Å². The first-order valence-corrected chi connectivity index (χ1v) is 7.85. The number of nitrogens with one attached hydrogen (secondary N) is 1. The molecule has 0 spiro atoms. The zero-order valence-corrected chi connectivity index (χ0v) is 13.1. The fraction of sp³-hybridized carbons (Fsp3) is 0.867. The lowest BCUT2D eigenvalue weighted by molar-refractivity contribution is -0.138. The van der Waals surface area contributed by atoms with E-state index in [0.29, 0.717) is 19.0 Å². The van der Waals surface area contributed by atoms with Crippen LogP contribution in [0.4, 0.5) is 4.79 Å². The van der Waals surface area contributed by atoms with Crippen LogP contribution in [0.3, 0.4) is 0 Å². The number of carboxylic acids is 1. The minimum absolute atomic E-state index is 0.00254. The molecule has 0 atom stereocenters. The second kappa shape index (κ2) is 9.60. The van der Waals surface area contributed by atoms with Gasteiger partial charge in [-0.25, -0.2) is 4.79 Å². The van der Waals surface area contributed by atoms with Crippen molar-refractivity contribution < 1.29 is 19.4 Å². The summed E-state index contributed by atoms with van der Waals surface area (Å²) < 4.78 is 5.51. The number of nitrogens with zero attached hydrogens (tertiary/aromatic N) is 1. The molecule has 6 heteroatoms. The number of hydrogen-bond donors (Lipinski definition) is 2. The highest BCUT2D eigenvalue weighted by atomic mass is 16.5. The monoisotopic (exact) mass is 300 g/mol. The van der Waals surface area contributed by atoms with Crippen molar-refractivity contribution in [3.63, 3.8) is 0 Å². The lowest BCUT2D eigenvalue weighted by Crippen LogP contribution is -2.46. The molecule has 1 saturated heterocycles. The van der Waals surface area contributed by atoms with E-state index in [0.717, 1.165) is 32.2 Å². The molecule has 21 heavy (non-hydrogen) atoms. The zero-order chi connectivity index (χ0) is 15.7. The number of aliphatic carboxylic acids is 1. The van der Waals surface area contributed by atoms with Gasteiger partial charge < -0.3 is 20.1 Å². The summed E-state index contributed by atoms with van der Waals surface area (Å²) in [5.74, 6) is -0.172. The van der Waals surface area contributed by atoms with Crippen LogP contribution in [-0.2, 0) is 9.53 Å². The lowest BCUT2D eigenvalue weighted by atomic mass is 10.1. The summed E-state index contributed by atoms with van der Waals surface area (Å²) in [5, 5.41) is 11.5. The molecule has 0 radical (unpaired) electrons. The predicted octanol–water partition coefficient (Wildman–Crippen LogP) is 2.09. The molecule has 1 aliphatic rings. The number of carbonyl (C=O) groups excluding carboxylic acids is 1. The Morgan fingerprint density at radius 2 is 2.00 bits per heavy atom. The summed E-state index contributed by atoms with van der Waals surface area (Å²) in [4.78, 5) is 24.2. The van der Waals surface area contributed by atoms with Gasteiger partial charge in [-0.1, -0.05) is 13.8 Å². The summed E-state index contributed by atoms with van der Waals surface area (Å²) >= 11 is 0. The Morgan fingerprint density at radius 3 is 2.57 bits per heavy atom. The van der Waals surface area contributed by atoms with Crippen molar-refractivity contribution >= 4 is 12.0 Å². The number of ether oxygens (including phenoxy) is 1. The van der Waals surface area contributed by atoms with Crippen molar-refractivity contribution in [2.75, 3.05) is 26.2 Å². The second-order valence-corrected chi connectivity index (χ2v) is 5.97. The van der Waals surface area contributed by atoms with Crippen LogP contribution in [0.1, 0.15) is 46.0 Å². The summed E-state index contributed by atoms with van der Waals surface area (Å²) in [7, 11) is 0. The molecule has 0 aromatic rings. The summed E-state index contributed by atoms with van der Waals surface area (Å²) in [6.07, 6.45) is 3.81. The van der Waals surface area contributed by atoms with E-state index in [1.165, 1.54) is 0 Å². The zero-order valence-electron chi connectivity index (χ0n) is 13.1. The van der Waals surface area contributed by atoms with E-state index in [9.17, 15) is 9.59 Å². The highest BCUT2D eigenvalue weighted by Crippen LogP contribution is 2.14. The summed E-state index contributed by atoms with van der Waals surface area (Å²) in [6, 6.07) is 0.00254. The molecule has 6 nitrogen and oxygen atoms in total. The predicted molar refractivity (Wildman–Crippen MR) is 80.3 cm³/mol. The minimum atomic E-state index is -0.840. The molecular formula is C15H28N2O4. The molecule has 1 rings (SSSR count). The maximum absolute atomic E-state index is 11.9. The maximum atomic E-state index is 11.9. The quantitative estimate of drug-likeness (QED) is 0.673. The van der Waals surface area contributed by atoms with Crippen molar-refractivity contribution in [2.24, 2.45) is 5.92 Å². The lowest BCUT2D eigenvalue weighted by Gasteiger charge is -2.32. The number of hydrogen-bond acceptors (Lipinski definition) is 3. The van der Waals surface area contributed by atoms with Gasteiger partial charge in [-0.2, -0.15) is 0 Å². The van der Waals surface area contributed by atoms with Crippen LogP contribution in [0.25, 0.3) is 0 Å². The van der Waals surface area contributed by atoms with E-state index in [4.69, 9.17) is 9.84 Å². The molecule has 1 fully saturated rings. The molecule has 2 amide bonds. The van der Waals surface area contributed by atoms with E-state index in [1.807, 2.05) is 4.90 Å². The summed E-state index contributed by atoms with van der Waals surface area (Å²) in [6.45, 7) is 6.68. The van der Waals surface area contributed by atoms with Gasteiger partial charge in [-0.15, -0.1) is 0 Å². The van der Waals surface area contributed by atoms with Gasteiger partial charge in [0.2, 0.25) is 0 Å². The van der Waals surface area contributed by atoms with Crippen LogP contribution >= 0.6 is 0 Å².